The van der Waals surface area contributed by atoms with Crippen molar-refractivity contribution in [3.63, 3.8) is 0 Å². The van der Waals surface area contributed by atoms with Gasteiger partial charge in [-0.15, -0.1) is 0 Å². The number of rotatable bonds is 8. The highest BCUT2D eigenvalue weighted by molar-refractivity contribution is 5.84. The number of aliphatic carboxylic acids is 1. The van der Waals surface area contributed by atoms with Crippen LogP contribution in [0.2, 0.25) is 0 Å². The quantitative estimate of drug-likeness (QED) is 0.700. The number of carboxylic acid groups (broad SMARTS) is 1. The van der Waals surface area contributed by atoms with Crippen LogP contribution in [0.5, 0.6) is 0 Å². The van der Waals surface area contributed by atoms with E-state index in [1.54, 1.807) is 0 Å². The lowest BCUT2D eigenvalue weighted by molar-refractivity contribution is -0.152. The third kappa shape index (κ3) is 3.24. The molecule has 0 spiro atoms. The average molecular weight is 255 g/mol. The minimum absolute atomic E-state index is 0.0924. The van der Waals surface area contributed by atoms with Gasteiger partial charge in [-0.25, -0.2) is 0 Å². The third-order valence-corrected chi connectivity index (χ3v) is 4.67. The Morgan fingerprint density at radius 3 is 2.11 bits per heavy atom. The van der Waals surface area contributed by atoms with E-state index in [-0.39, 0.29) is 12.3 Å². The fourth-order valence-electron chi connectivity index (χ4n) is 2.37. The lowest BCUT2D eigenvalue weighted by Gasteiger charge is -2.26. The molecule has 1 aliphatic rings. The van der Waals surface area contributed by atoms with Crippen molar-refractivity contribution in [2.45, 2.75) is 59.3 Å². The van der Waals surface area contributed by atoms with E-state index >= 15 is 0 Å². The third-order valence-electron chi connectivity index (χ3n) is 4.67. The van der Waals surface area contributed by atoms with Gasteiger partial charge < -0.3 is 10.4 Å². The molecule has 4 heteroatoms. The summed E-state index contributed by atoms with van der Waals surface area (Å²) in [4.78, 5) is 23.2. The second-order valence-corrected chi connectivity index (χ2v) is 5.60. The lowest BCUT2D eigenvalue weighted by atomic mass is 9.79. The normalized spacial score (nSPS) is 17.3. The Morgan fingerprint density at radius 2 is 1.78 bits per heavy atom. The Bertz CT molecular complexity index is 317. The van der Waals surface area contributed by atoms with Crippen LogP contribution in [0.25, 0.3) is 0 Å². The zero-order valence-corrected chi connectivity index (χ0v) is 11.7. The van der Waals surface area contributed by atoms with Crippen molar-refractivity contribution in [3.8, 4) is 0 Å². The summed E-state index contributed by atoms with van der Waals surface area (Å²) in [7, 11) is 0. The van der Waals surface area contributed by atoms with Gasteiger partial charge in [0.15, 0.2) is 0 Å². The standard InChI is InChI=1S/C14H25NO3/c1-4-13(7-8-13)10-15-11(16)9-14(5-2,6-3)12(17)18/h4-10H2,1-3H3,(H,15,16)(H,17,18). The maximum atomic E-state index is 11.9. The molecule has 0 heterocycles. The molecule has 1 amide bonds. The predicted octanol–water partition coefficient (Wildman–Crippen LogP) is 2.57. The Hall–Kier alpha value is -1.06. The molecule has 1 rings (SSSR count). The van der Waals surface area contributed by atoms with Crippen LogP contribution in [0.3, 0.4) is 0 Å². The zero-order chi connectivity index (χ0) is 13.8. The summed E-state index contributed by atoms with van der Waals surface area (Å²) in [5.74, 6) is -0.986. The number of carbonyl (C=O) groups excluding carboxylic acids is 1. The fourth-order valence-corrected chi connectivity index (χ4v) is 2.37. The van der Waals surface area contributed by atoms with Gasteiger partial charge in [0.25, 0.3) is 0 Å². The van der Waals surface area contributed by atoms with Crippen LogP contribution < -0.4 is 5.32 Å². The minimum Gasteiger partial charge on any atom is -0.481 e. The first kappa shape index (κ1) is 15.0. The lowest BCUT2D eigenvalue weighted by Crippen LogP contribution is -2.38. The van der Waals surface area contributed by atoms with E-state index in [1.807, 2.05) is 13.8 Å². The zero-order valence-electron chi connectivity index (χ0n) is 11.7. The van der Waals surface area contributed by atoms with E-state index < -0.39 is 11.4 Å². The highest BCUT2D eigenvalue weighted by atomic mass is 16.4. The van der Waals surface area contributed by atoms with Crippen molar-refractivity contribution in [1.82, 2.24) is 5.32 Å². The van der Waals surface area contributed by atoms with E-state index in [2.05, 4.69) is 12.2 Å². The SMILES string of the molecule is CCC1(CNC(=O)CC(CC)(CC)C(=O)O)CC1. The average Bonchev–Trinajstić information content (AvgIpc) is 3.14. The maximum Gasteiger partial charge on any atom is 0.310 e. The number of hydrogen-bond donors (Lipinski definition) is 2. The molecule has 0 aromatic carbocycles. The smallest absolute Gasteiger partial charge is 0.310 e. The van der Waals surface area contributed by atoms with Crippen molar-refractivity contribution < 1.29 is 14.7 Å². The van der Waals surface area contributed by atoms with Crippen LogP contribution in [-0.2, 0) is 9.59 Å². The molecule has 0 atom stereocenters. The molecule has 0 aromatic rings. The largest absolute Gasteiger partial charge is 0.481 e. The summed E-state index contributed by atoms with van der Waals surface area (Å²) in [6.07, 6.45) is 4.51. The molecule has 0 unspecified atom stereocenters. The van der Waals surface area contributed by atoms with Gasteiger partial charge in [-0.05, 0) is 37.5 Å². The first-order valence-corrected chi connectivity index (χ1v) is 6.94. The molecule has 0 aromatic heterocycles. The van der Waals surface area contributed by atoms with Gasteiger partial charge in [0.05, 0.1) is 5.41 Å². The highest BCUT2D eigenvalue weighted by Crippen LogP contribution is 2.47. The van der Waals surface area contributed by atoms with Gasteiger partial charge in [0, 0.05) is 13.0 Å². The number of nitrogens with one attached hydrogen (secondary N) is 1. The number of amides is 1. The summed E-state index contributed by atoms with van der Waals surface area (Å²) in [6, 6.07) is 0. The van der Waals surface area contributed by atoms with E-state index in [9.17, 15) is 14.7 Å². The van der Waals surface area contributed by atoms with Crippen LogP contribution in [0.4, 0.5) is 0 Å². The predicted molar refractivity (Wildman–Crippen MR) is 70.2 cm³/mol. The molecule has 4 nitrogen and oxygen atoms in total. The van der Waals surface area contributed by atoms with Gasteiger partial charge in [0.1, 0.15) is 0 Å². The Labute approximate surface area is 109 Å². The van der Waals surface area contributed by atoms with Crippen LogP contribution >= 0.6 is 0 Å². The molecule has 0 bridgehead atoms. The van der Waals surface area contributed by atoms with Gasteiger partial charge in [-0.2, -0.15) is 0 Å². The molecule has 2 N–H and O–H groups in total. The fraction of sp³-hybridized carbons (Fsp3) is 0.857. The molecular formula is C14H25NO3. The Kier molecular flexibility index (Phi) is 4.77. The summed E-state index contributed by atoms with van der Waals surface area (Å²) in [5.41, 5.74) is -0.590. The van der Waals surface area contributed by atoms with E-state index in [4.69, 9.17) is 0 Å². The molecule has 1 saturated carbocycles. The van der Waals surface area contributed by atoms with Crippen LogP contribution in [0, 0.1) is 10.8 Å². The highest BCUT2D eigenvalue weighted by Gasteiger charge is 2.42. The van der Waals surface area contributed by atoms with Crippen molar-refractivity contribution in [2.24, 2.45) is 10.8 Å². The van der Waals surface area contributed by atoms with Gasteiger partial charge in [-0.3, -0.25) is 9.59 Å². The van der Waals surface area contributed by atoms with Crippen LogP contribution in [0.1, 0.15) is 59.3 Å². The van der Waals surface area contributed by atoms with Crippen LogP contribution in [-0.4, -0.2) is 23.5 Å². The summed E-state index contributed by atoms with van der Waals surface area (Å²) in [5, 5.41) is 12.2. The van der Waals surface area contributed by atoms with Crippen molar-refractivity contribution >= 4 is 11.9 Å². The van der Waals surface area contributed by atoms with Gasteiger partial charge in [-0.1, -0.05) is 20.8 Å². The number of hydrogen-bond acceptors (Lipinski definition) is 2. The monoisotopic (exact) mass is 255 g/mol. The van der Waals surface area contributed by atoms with Gasteiger partial charge in [0.2, 0.25) is 5.91 Å². The molecule has 0 saturated heterocycles. The second kappa shape index (κ2) is 5.72. The molecule has 104 valence electrons. The Morgan fingerprint density at radius 1 is 1.22 bits per heavy atom. The molecule has 0 aliphatic heterocycles. The van der Waals surface area contributed by atoms with Crippen LogP contribution in [0.15, 0.2) is 0 Å². The molecule has 18 heavy (non-hydrogen) atoms. The van der Waals surface area contributed by atoms with Crippen molar-refractivity contribution in [2.75, 3.05) is 6.54 Å². The minimum atomic E-state index is -0.896. The van der Waals surface area contributed by atoms with E-state index in [0.717, 1.165) is 6.42 Å². The van der Waals surface area contributed by atoms with Gasteiger partial charge >= 0.3 is 5.97 Å². The molecular weight excluding hydrogens is 230 g/mol. The second-order valence-electron chi connectivity index (χ2n) is 5.60. The number of carbonyl (C=O) groups is 2. The van der Waals surface area contributed by atoms with Crippen molar-refractivity contribution in [3.05, 3.63) is 0 Å². The summed E-state index contributed by atoms with van der Waals surface area (Å²) < 4.78 is 0. The van der Waals surface area contributed by atoms with Crippen molar-refractivity contribution in [1.29, 1.82) is 0 Å². The molecule has 1 aliphatic carbocycles. The first-order valence-electron chi connectivity index (χ1n) is 6.94. The molecule has 0 radical (unpaired) electrons. The number of carboxylic acids is 1. The topological polar surface area (TPSA) is 66.4 Å². The maximum absolute atomic E-state index is 11.9. The van der Waals surface area contributed by atoms with E-state index in [1.165, 1.54) is 12.8 Å². The Balaban J connectivity index is 2.49. The summed E-state index contributed by atoms with van der Waals surface area (Å²) >= 11 is 0. The molecule has 1 fully saturated rings. The first-order chi connectivity index (χ1) is 8.43. The summed E-state index contributed by atoms with van der Waals surface area (Å²) in [6.45, 7) is 6.50. The van der Waals surface area contributed by atoms with E-state index in [0.29, 0.717) is 24.8 Å².